The van der Waals surface area contributed by atoms with Crippen molar-refractivity contribution >= 4 is 21.9 Å². The first kappa shape index (κ1) is 13.5. The topological polar surface area (TPSA) is 59.4 Å². The van der Waals surface area contributed by atoms with Gasteiger partial charge in [-0.1, -0.05) is 15.9 Å². The fourth-order valence-corrected chi connectivity index (χ4v) is 2.01. The van der Waals surface area contributed by atoms with Crippen LogP contribution in [0.3, 0.4) is 0 Å². The smallest absolute Gasteiger partial charge is 0.339 e. The van der Waals surface area contributed by atoms with Crippen LogP contribution in [0, 0.1) is 6.92 Å². The first-order chi connectivity index (χ1) is 9.06. The SMILES string of the molecule is Cc1cncc(COc2ccc(Br)cc2C(=O)O)c1. The molecule has 5 heteroatoms. The first-order valence-corrected chi connectivity index (χ1v) is 6.42. The third kappa shape index (κ3) is 3.54. The number of nitrogens with zero attached hydrogens (tertiary/aromatic N) is 1. The van der Waals surface area contributed by atoms with E-state index in [4.69, 9.17) is 9.84 Å². The highest BCUT2D eigenvalue weighted by Crippen LogP contribution is 2.24. The Morgan fingerprint density at radius 1 is 1.37 bits per heavy atom. The largest absolute Gasteiger partial charge is 0.488 e. The maximum Gasteiger partial charge on any atom is 0.339 e. The van der Waals surface area contributed by atoms with E-state index in [2.05, 4.69) is 20.9 Å². The summed E-state index contributed by atoms with van der Waals surface area (Å²) in [5, 5.41) is 9.12. The maximum atomic E-state index is 11.1. The number of rotatable bonds is 4. The van der Waals surface area contributed by atoms with Crippen LogP contribution >= 0.6 is 15.9 Å². The molecule has 0 saturated heterocycles. The predicted octanol–water partition coefficient (Wildman–Crippen LogP) is 3.43. The van der Waals surface area contributed by atoms with E-state index >= 15 is 0 Å². The second-order valence-corrected chi connectivity index (χ2v) is 5.02. The normalized spacial score (nSPS) is 10.2. The van der Waals surface area contributed by atoms with Crippen LogP contribution in [0.25, 0.3) is 0 Å². The number of hydrogen-bond acceptors (Lipinski definition) is 3. The number of ether oxygens (including phenoxy) is 1. The maximum absolute atomic E-state index is 11.1. The molecule has 0 aliphatic heterocycles. The number of pyridine rings is 1. The molecule has 0 aliphatic carbocycles. The summed E-state index contributed by atoms with van der Waals surface area (Å²) in [6.07, 6.45) is 3.46. The zero-order valence-corrected chi connectivity index (χ0v) is 11.8. The van der Waals surface area contributed by atoms with Crippen LogP contribution in [0.5, 0.6) is 5.75 Å². The van der Waals surface area contributed by atoms with Crippen molar-refractivity contribution in [3.63, 3.8) is 0 Å². The van der Waals surface area contributed by atoms with Gasteiger partial charge in [0.2, 0.25) is 0 Å². The molecule has 0 bridgehead atoms. The molecule has 1 N–H and O–H groups in total. The molecular weight excluding hydrogens is 310 g/mol. The number of carboxylic acid groups (broad SMARTS) is 1. The fourth-order valence-electron chi connectivity index (χ4n) is 1.65. The summed E-state index contributed by atoms with van der Waals surface area (Å²) >= 11 is 3.24. The third-order valence-corrected chi connectivity index (χ3v) is 2.99. The molecule has 0 spiro atoms. The van der Waals surface area contributed by atoms with Gasteiger partial charge >= 0.3 is 5.97 Å². The Hall–Kier alpha value is -1.88. The summed E-state index contributed by atoms with van der Waals surface area (Å²) in [5.74, 6) is -0.670. The summed E-state index contributed by atoms with van der Waals surface area (Å²) < 4.78 is 6.26. The van der Waals surface area contributed by atoms with Gasteiger partial charge in [-0.3, -0.25) is 4.98 Å². The lowest BCUT2D eigenvalue weighted by Crippen LogP contribution is -2.03. The zero-order chi connectivity index (χ0) is 13.8. The molecular formula is C14H12BrNO3. The minimum absolute atomic E-state index is 0.134. The van der Waals surface area contributed by atoms with Crippen LogP contribution in [0.4, 0.5) is 0 Å². The Bertz CT molecular complexity index is 613. The molecule has 0 saturated carbocycles. The van der Waals surface area contributed by atoms with E-state index in [9.17, 15) is 4.79 Å². The third-order valence-electron chi connectivity index (χ3n) is 2.50. The van der Waals surface area contributed by atoms with Gasteiger partial charge in [-0.2, -0.15) is 0 Å². The number of carboxylic acids is 1. The highest BCUT2D eigenvalue weighted by atomic mass is 79.9. The number of aromatic carboxylic acids is 1. The Labute approximate surface area is 119 Å². The van der Waals surface area contributed by atoms with Crippen molar-refractivity contribution in [2.45, 2.75) is 13.5 Å². The van der Waals surface area contributed by atoms with Crippen molar-refractivity contribution in [1.29, 1.82) is 0 Å². The Kier molecular flexibility index (Phi) is 4.16. The van der Waals surface area contributed by atoms with Gasteiger partial charge in [-0.15, -0.1) is 0 Å². The molecule has 1 aromatic heterocycles. The molecule has 1 aromatic carbocycles. The molecule has 0 aliphatic rings. The van der Waals surface area contributed by atoms with E-state index in [0.29, 0.717) is 10.2 Å². The lowest BCUT2D eigenvalue weighted by Gasteiger charge is -2.09. The Morgan fingerprint density at radius 2 is 2.16 bits per heavy atom. The molecule has 0 unspecified atom stereocenters. The van der Waals surface area contributed by atoms with Crippen LogP contribution in [-0.4, -0.2) is 16.1 Å². The van der Waals surface area contributed by atoms with Crippen LogP contribution in [0.1, 0.15) is 21.5 Å². The van der Waals surface area contributed by atoms with Crippen molar-refractivity contribution in [3.8, 4) is 5.75 Å². The molecule has 0 atom stereocenters. The Balaban J connectivity index is 2.17. The van der Waals surface area contributed by atoms with Gasteiger partial charge in [-0.25, -0.2) is 4.79 Å². The number of aromatic nitrogens is 1. The zero-order valence-electron chi connectivity index (χ0n) is 10.3. The minimum Gasteiger partial charge on any atom is -0.488 e. The van der Waals surface area contributed by atoms with Crippen LogP contribution in [-0.2, 0) is 6.61 Å². The summed E-state index contributed by atoms with van der Waals surface area (Å²) in [6, 6.07) is 6.85. The van der Waals surface area contributed by atoms with Gasteiger partial charge in [0.25, 0.3) is 0 Å². The van der Waals surface area contributed by atoms with Crippen LogP contribution < -0.4 is 4.74 Å². The van der Waals surface area contributed by atoms with Gasteiger partial charge in [0.1, 0.15) is 17.9 Å². The highest BCUT2D eigenvalue weighted by Gasteiger charge is 2.12. The molecule has 19 heavy (non-hydrogen) atoms. The van der Waals surface area contributed by atoms with E-state index in [-0.39, 0.29) is 12.2 Å². The van der Waals surface area contributed by atoms with Crippen molar-refractivity contribution in [1.82, 2.24) is 4.98 Å². The van der Waals surface area contributed by atoms with Crippen LogP contribution in [0.2, 0.25) is 0 Å². The van der Waals surface area contributed by atoms with Crippen LogP contribution in [0.15, 0.2) is 41.1 Å². The van der Waals surface area contributed by atoms with Crippen molar-refractivity contribution in [2.24, 2.45) is 0 Å². The average Bonchev–Trinajstić information content (AvgIpc) is 2.37. The van der Waals surface area contributed by atoms with Crippen molar-refractivity contribution < 1.29 is 14.6 Å². The van der Waals surface area contributed by atoms with E-state index in [1.807, 2.05) is 13.0 Å². The average molecular weight is 322 g/mol. The highest BCUT2D eigenvalue weighted by molar-refractivity contribution is 9.10. The predicted molar refractivity (Wildman–Crippen MR) is 74.4 cm³/mol. The number of benzene rings is 1. The van der Waals surface area contributed by atoms with Gasteiger partial charge in [0.15, 0.2) is 0 Å². The molecule has 0 fully saturated rings. The van der Waals surface area contributed by atoms with Gasteiger partial charge < -0.3 is 9.84 Å². The summed E-state index contributed by atoms with van der Waals surface area (Å²) in [5.41, 5.74) is 2.07. The van der Waals surface area contributed by atoms with Gasteiger partial charge in [-0.05, 0) is 36.8 Å². The van der Waals surface area contributed by atoms with E-state index in [0.717, 1.165) is 11.1 Å². The summed E-state index contributed by atoms with van der Waals surface area (Å²) in [4.78, 5) is 15.2. The minimum atomic E-state index is -1.02. The number of carbonyl (C=O) groups is 1. The molecule has 2 rings (SSSR count). The molecule has 0 radical (unpaired) electrons. The molecule has 4 nitrogen and oxygen atoms in total. The van der Waals surface area contributed by atoms with E-state index in [1.165, 1.54) is 6.07 Å². The second-order valence-electron chi connectivity index (χ2n) is 4.10. The van der Waals surface area contributed by atoms with Crippen molar-refractivity contribution in [3.05, 3.63) is 57.8 Å². The lowest BCUT2D eigenvalue weighted by atomic mass is 10.2. The molecule has 2 aromatic rings. The number of aryl methyl sites for hydroxylation is 1. The van der Waals surface area contributed by atoms with E-state index in [1.54, 1.807) is 24.5 Å². The van der Waals surface area contributed by atoms with E-state index < -0.39 is 5.97 Å². The first-order valence-electron chi connectivity index (χ1n) is 5.62. The molecule has 0 amide bonds. The second kappa shape index (κ2) is 5.84. The van der Waals surface area contributed by atoms with Crippen molar-refractivity contribution in [2.75, 3.05) is 0 Å². The summed E-state index contributed by atoms with van der Waals surface area (Å²) in [6.45, 7) is 2.23. The monoisotopic (exact) mass is 321 g/mol. The summed E-state index contributed by atoms with van der Waals surface area (Å²) in [7, 11) is 0. The number of hydrogen-bond donors (Lipinski definition) is 1. The molecule has 1 heterocycles. The van der Waals surface area contributed by atoms with Gasteiger partial charge in [0.05, 0.1) is 0 Å². The Morgan fingerprint density at radius 3 is 2.84 bits per heavy atom. The molecule has 98 valence electrons. The number of halogens is 1. The van der Waals surface area contributed by atoms with Gasteiger partial charge in [0, 0.05) is 22.4 Å². The lowest BCUT2D eigenvalue weighted by molar-refractivity contribution is 0.0691. The standard InChI is InChI=1S/C14H12BrNO3/c1-9-4-10(7-16-6-9)8-19-13-3-2-11(15)5-12(13)14(17)18/h2-7H,8H2,1H3,(H,17,18). The quantitative estimate of drug-likeness (QED) is 0.937. The fraction of sp³-hybridized carbons (Fsp3) is 0.143.